The number of anilines is 1. The molecule has 0 spiro atoms. The first kappa shape index (κ1) is 19.0. The van der Waals surface area contributed by atoms with E-state index in [1.165, 1.54) is 11.1 Å². The number of nitrogen functional groups attached to an aromatic ring is 1. The van der Waals surface area contributed by atoms with Gasteiger partial charge >= 0.3 is 0 Å². The lowest BCUT2D eigenvalue weighted by molar-refractivity contribution is 0.174. The summed E-state index contributed by atoms with van der Waals surface area (Å²) in [7, 11) is 0. The maximum Gasteiger partial charge on any atom is 0.0926 e. The number of unbranched alkanes of at least 4 members (excludes halogenated alkanes) is 1. The average molecular weight is 391 g/mol. The van der Waals surface area contributed by atoms with E-state index in [1.807, 2.05) is 18.2 Å². The van der Waals surface area contributed by atoms with E-state index in [9.17, 15) is 5.11 Å². The van der Waals surface area contributed by atoms with Gasteiger partial charge in [-0.1, -0.05) is 43.3 Å². The van der Waals surface area contributed by atoms with Crippen molar-refractivity contribution in [3.05, 3.63) is 63.6 Å². The van der Waals surface area contributed by atoms with Crippen LogP contribution >= 0.6 is 15.9 Å². The minimum Gasteiger partial charge on any atom is -0.398 e. The molecule has 0 saturated carbocycles. The Bertz CT molecular complexity index is 645. The molecular weight excluding hydrogens is 364 g/mol. The molecule has 0 aliphatic heterocycles. The summed E-state index contributed by atoms with van der Waals surface area (Å²) in [4.78, 5) is 0. The Morgan fingerprint density at radius 3 is 2.58 bits per heavy atom. The van der Waals surface area contributed by atoms with Gasteiger partial charge in [0, 0.05) is 16.7 Å². The van der Waals surface area contributed by atoms with E-state index >= 15 is 0 Å². The summed E-state index contributed by atoms with van der Waals surface area (Å²) in [6.45, 7) is 3.65. The fraction of sp³-hybridized carbons (Fsp3) is 0.400. The van der Waals surface area contributed by atoms with E-state index in [4.69, 9.17) is 5.73 Å². The lowest BCUT2D eigenvalue weighted by Crippen LogP contribution is -2.23. The van der Waals surface area contributed by atoms with E-state index in [1.54, 1.807) is 0 Å². The fourth-order valence-electron chi connectivity index (χ4n) is 2.89. The molecule has 3 nitrogen and oxygen atoms in total. The standard InChI is InChI=1S/C20H27BrN2O/c1-2-15-8-3-4-9-16(15)10-5-6-13-23-14-19(24)17-11-7-12-18(22)20(17)21/h3-4,7-9,11-12,19,23-24H,2,5-6,10,13-14,22H2,1H3. The van der Waals surface area contributed by atoms with Gasteiger partial charge < -0.3 is 16.2 Å². The average Bonchev–Trinajstić information content (AvgIpc) is 2.60. The highest BCUT2D eigenvalue weighted by Gasteiger charge is 2.12. The first-order valence-electron chi connectivity index (χ1n) is 8.63. The molecule has 0 aliphatic rings. The van der Waals surface area contributed by atoms with Crippen molar-refractivity contribution in [1.82, 2.24) is 5.32 Å². The Kier molecular flexibility index (Phi) is 7.76. The number of rotatable bonds is 9. The Balaban J connectivity index is 1.69. The zero-order valence-corrected chi connectivity index (χ0v) is 15.8. The number of benzene rings is 2. The molecule has 0 radical (unpaired) electrons. The van der Waals surface area contributed by atoms with Crippen LogP contribution in [0.2, 0.25) is 0 Å². The number of nitrogens with one attached hydrogen (secondary N) is 1. The van der Waals surface area contributed by atoms with E-state index in [0.717, 1.165) is 42.3 Å². The van der Waals surface area contributed by atoms with Crippen molar-refractivity contribution >= 4 is 21.6 Å². The first-order chi connectivity index (χ1) is 11.6. The fourth-order valence-corrected chi connectivity index (χ4v) is 3.41. The molecule has 0 saturated heterocycles. The number of nitrogens with two attached hydrogens (primary N) is 1. The van der Waals surface area contributed by atoms with E-state index in [0.29, 0.717) is 12.2 Å². The molecule has 0 bridgehead atoms. The summed E-state index contributed by atoms with van der Waals surface area (Å²) in [5.41, 5.74) is 10.3. The van der Waals surface area contributed by atoms with Crippen LogP contribution in [0.1, 0.15) is 42.6 Å². The lowest BCUT2D eigenvalue weighted by atomic mass is 10.0. The molecule has 4 heteroatoms. The van der Waals surface area contributed by atoms with Gasteiger partial charge in [0.1, 0.15) is 0 Å². The van der Waals surface area contributed by atoms with E-state index in [-0.39, 0.29) is 0 Å². The molecule has 0 heterocycles. The van der Waals surface area contributed by atoms with Gasteiger partial charge in [0.2, 0.25) is 0 Å². The second-order valence-electron chi connectivity index (χ2n) is 6.05. The highest BCUT2D eigenvalue weighted by molar-refractivity contribution is 9.10. The van der Waals surface area contributed by atoms with Gasteiger partial charge in [-0.25, -0.2) is 0 Å². The lowest BCUT2D eigenvalue weighted by Gasteiger charge is -2.15. The zero-order valence-electron chi connectivity index (χ0n) is 14.3. The summed E-state index contributed by atoms with van der Waals surface area (Å²) >= 11 is 3.44. The molecule has 24 heavy (non-hydrogen) atoms. The molecular formula is C20H27BrN2O. The maximum atomic E-state index is 10.3. The van der Waals surface area contributed by atoms with Crippen molar-refractivity contribution in [2.75, 3.05) is 18.8 Å². The van der Waals surface area contributed by atoms with Crippen molar-refractivity contribution < 1.29 is 5.11 Å². The van der Waals surface area contributed by atoms with Gasteiger partial charge in [-0.3, -0.25) is 0 Å². The normalized spacial score (nSPS) is 12.3. The summed E-state index contributed by atoms with van der Waals surface area (Å²) in [6.07, 6.45) is 3.92. The molecule has 1 atom stereocenters. The van der Waals surface area contributed by atoms with Gasteiger partial charge in [-0.15, -0.1) is 0 Å². The Hall–Kier alpha value is -1.36. The van der Waals surface area contributed by atoms with Crippen LogP contribution in [0.25, 0.3) is 0 Å². The highest BCUT2D eigenvalue weighted by Crippen LogP contribution is 2.28. The Morgan fingerprint density at radius 1 is 1.08 bits per heavy atom. The van der Waals surface area contributed by atoms with Crippen molar-refractivity contribution in [3.8, 4) is 0 Å². The molecule has 2 rings (SSSR count). The third-order valence-electron chi connectivity index (χ3n) is 4.30. The van der Waals surface area contributed by atoms with Crippen LogP contribution in [0, 0.1) is 0 Å². The van der Waals surface area contributed by atoms with E-state index in [2.05, 4.69) is 52.4 Å². The van der Waals surface area contributed by atoms with Crippen LogP contribution in [0.5, 0.6) is 0 Å². The van der Waals surface area contributed by atoms with Crippen molar-refractivity contribution in [1.29, 1.82) is 0 Å². The quantitative estimate of drug-likeness (QED) is 0.443. The molecule has 0 amide bonds. The van der Waals surface area contributed by atoms with Crippen LogP contribution in [-0.4, -0.2) is 18.2 Å². The predicted octanol–water partition coefficient (Wildman–Crippen LogP) is 4.24. The van der Waals surface area contributed by atoms with Crippen LogP contribution in [0.15, 0.2) is 46.9 Å². The maximum absolute atomic E-state index is 10.3. The number of aryl methyl sites for hydroxylation is 2. The molecule has 4 N–H and O–H groups in total. The van der Waals surface area contributed by atoms with Gasteiger partial charge in [-0.2, -0.15) is 0 Å². The molecule has 0 aromatic heterocycles. The SMILES string of the molecule is CCc1ccccc1CCCCNCC(O)c1cccc(N)c1Br. The zero-order chi connectivity index (χ0) is 17.4. The Labute approximate surface area is 153 Å². The second-order valence-corrected chi connectivity index (χ2v) is 6.84. The molecule has 1 unspecified atom stereocenters. The summed E-state index contributed by atoms with van der Waals surface area (Å²) in [5.74, 6) is 0. The van der Waals surface area contributed by atoms with Crippen molar-refractivity contribution in [3.63, 3.8) is 0 Å². The number of aliphatic hydroxyl groups is 1. The van der Waals surface area contributed by atoms with Gasteiger partial charge in [0.25, 0.3) is 0 Å². The second kappa shape index (κ2) is 9.82. The smallest absolute Gasteiger partial charge is 0.0926 e. The first-order valence-corrected chi connectivity index (χ1v) is 9.42. The van der Waals surface area contributed by atoms with Crippen LogP contribution in [0.3, 0.4) is 0 Å². The predicted molar refractivity (Wildman–Crippen MR) is 105 cm³/mol. The topological polar surface area (TPSA) is 58.3 Å². The summed E-state index contributed by atoms with van der Waals surface area (Å²) < 4.78 is 0.787. The molecule has 2 aromatic carbocycles. The van der Waals surface area contributed by atoms with Crippen LogP contribution < -0.4 is 11.1 Å². The van der Waals surface area contributed by atoms with Crippen molar-refractivity contribution in [2.24, 2.45) is 0 Å². The summed E-state index contributed by atoms with van der Waals surface area (Å²) in [6, 6.07) is 14.3. The minimum absolute atomic E-state index is 0.535. The van der Waals surface area contributed by atoms with Gasteiger partial charge in [-0.05, 0) is 70.9 Å². The molecule has 0 fully saturated rings. The molecule has 2 aromatic rings. The largest absolute Gasteiger partial charge is 0.398 e. The van der Waals surface area contributed by atoms with Crippen LogP contribution in [0.4, 0.5) is 5.69 Å². The number of hydrogen-bond donors (Lipinski definition) is 3. The minimum atomic E-state index is -0.552. The molecule has 0 aliphatic carbocycles. The van der Waals surface area contributed by atoms with E-state index < -0.39 is 6.10 Å². The number of hydrogen-bond acceptors (Lipinski definition) is 3. The van der Waals surface area contributed by atoms with Crippen LogP contribution in [-0.2, 0) is 12.8 Å². The number of halogens is 1. The molecule has 130 valence electrons. The van der Waals surface area contributed by atoms with Crippen molar-refractivity contribution in [2.45, 2.75) is 38.7 Å². The Morgan fingerprint density at radius 2 is 1.83 bits per heavy atom. The summed E-state index contributed by atoms with van der Waals surface area (Å²) in [5, 5.41) is 13.6. The third-order valence-corrected chi connectivity index (χ3v) is 5.22. The van der Waals surface area contributed by atoms with Gasteiger partial charge in [0.05, 0.1) is 6.10 Å². The third kappa shape index (κ3) is 5.33. The number of aliphatic hydroxyl groups excluding tert-OH is 1. The highest BCUT2D eigenvalue weighted by atomic mass is 79.9. The van der Waals surface area contributed by atoms with Gasteiger partial charge in [0.15, 0.2) is 0 Å². The monoisotopic (exact) mass is 390 g/mol.